The van der Waals surface area contributed by atoms with E-state index in [1.807, 2.05) is 13.1 Å². The molecule has 3 fully saturated rings. The average molecular weight is 403 g/mol. The van der Waals surface area contributed by atoms with E-state index in [9.17, 15) is 0 Å². The van der Waals surface area contributed by atoms with E-state index in [2.05, 4.69) is 46.5 Å². The van der Waals surface area contributed by atoms with Gasteiger partial charge in [0, 0.05) is 74.0 Å². The number of benzene rings is 1. The highest BCUT2D eigenvalue weighted by Crippen LogP contribution is 2.52. The van der Waals surface area contributed by atoms with Gasteiger partial charge in [-0.25, -0.2) is 0 Å². The standard InChI is InChI=1S/C22H34N4O3/c1-22(2)19(18-7-9-29-20(18)22)25-21(23-3)24-14-6-8-26(13-14)15-10-16(27-4)12-17(11-15)28-5/h10-12,14,18-20H,6-9,13H2,1-5H3,(H2,23,24,25). The number of fused-ring (bicyclic) bond motifs is 1. The fourth-order valence-electron chi connectivity index (χ4n) is 5.22. The van der Waals surface area contributed by atoms with Gasteiger partial charge in [0.25, 0.3) is 0 Å². The fourth-order valence-corrected chi connectivity index (χ4v) is 5.22. The van der Waals surface area contributed by atoms with Crippen LogP contribution in [0.4, 0.5) is 5.69 Å². The molecule has 4 atom stereocenters. The summed E-state index contributed by atoms with van der Waals surface area (Å²) in [5.74, 6) is 3.11. The normalized spacial score (nSPS) is 30.5. The molecule has 2 heterocycles. The van der Waals surface area contributed by atoms with E-state index in [1.165, 1.54) is 0 Å². The number of guanidine groups is 1. The van der Waals surface area contributed by atoms with Crippen LogP contribution in [-0.4, -0.2) is 65.1 Å². The minimum atomic E-state index is 0.137. The molecule has 0 bridgehead atoms. The smallest absolute Gasteiger partial charge is 0.191 e. The van der Waals surface area contributed by atoms with Crippen molar-refractivity contribution in [3.8, 4) is 11.5 Å². The van der Waals surface area contributed by atoms with Gasteiger partial charge in [-0.2, -0.15) is 0 Å². The van der Waals surface area contributed by atoms with E-state index in [0.717, 1.165) is 55.7 Å². The van der Waals surface area contributed by atoms with Crippen LogP contribution in [0.3, 0.4) is 0 Å². The van der Waals surface area contributed by atoms with Gasteiger partial charge in [-0.3, -0.25) is 4.99 Å². The van der Waals surface area contributed by atoms with Crippen molar-refractivity contribution in [1.82, 2.24) is 10.6 Å². The number of anilines is 1. The monoisotopic (exact) mass is 402 g/mol. The van der Waals surface area contributed by atoms with Crippen LogP contribution in [0.2, 0.25) is 0 Å². The van der Waals surface area contributed by atoms with Crippen molar-refractivity contribution in [2.45, 2.75) is 44.9 Å². The zero-order chi connectivity index (χ0) is 20.6. The minimum absolute atomic E-state index is 0.137. The summed E-state index contributed by atoms with van der Waals surface area (Å²) in [4.78, 5) is 6.87. The van der Waals surface area contributed by atoms with Crippen LogP contribution in [-0.2, 0) is 4.74 Å². The van der Waals surface area contributed by atoms with E-state index < -0.39 is 0 Å². The zero-order valence-electron chi connectivity index (χ0n) is 18.2. The summed E-state index contributed by atoms with van der Waals surface area (Å²) in [6, 6.07) is 6.78. The highest BCUT2D eigenvalue weighted by molar-refractivity contribution is 5.81. The van der Waals surface area contributed by atoms with Crippen LogP contribution in [0, 0.1) is 11.3 Å². The van der Waals surface area contributed by atoms with Gasteiger partial charge < -0.3 is 29.7 Å². The third-order valence-electron chi connectivity index (χ3n) is 6.85. The number of hydrogen-bond acceptors (Lipinski definition) is 5. The SMILES string of the molecule is CN=C(NC1CCN(c2cc(OC)cc(OC)c2)C1)NC1C2CCOC2C1(C)C. The first-order valence-electron chi connectivity index (χ1n) is 10.6. The summed E-state index contributed by atoms with van der Waals surface area (Å²) in [7, 11) is 5.22. The van der Waals surface area contributed by atoms with Gasteiger partial charge in [0.05, 0.1) is 20.3 Å². The fraction of sp³-hybridized carbons (Fsp3) is 0.682. The topological polar surface area (TPSA) is 67.4 Å². The molecule has 4 rings (SSSR count). The highest BCUT2D eigenvalue weighted by Gasteiger charge is 2.59. The van der Waals surface area contributed by atoms with Crippen LogP contribution in [0.5, 0.6) is 11.5 Å². The second-order valence-electron chi connectivity index (χ2n) is 8.91. The summed E-state index contributed by atoms with van der Waals surface area (Å²) < 4.78 is 16.8. The molecule has 7 heteroatoms. The van der Waals surface area contributed by atoms with Crippen molar-refractivity contribution in [2.24, 2.45) is 16.3 Å². The molecule has 0 aromatic heterocycles. The van der Waals surface area contributed by atoms with Gasteiger partial charge in [0.1, 0.15) is 11.5 Å². The summed E-state index contributed by atoms with van der Waals surface area (Å²) in [6.07, 6.45) is 2.57. The molecular weight excluding hydrogens is 368 g/mol. The molecule has 0 amide bonds. The van der Waals surface area contributed by atoms with Gasteiger partial charge in [0.2, 0.25) is 0 Å². The Morgan fingerprint density at radius 2 is 1.86 bits per heavy atom. The van der Waals surface area contributed by atoms with Crippen molar-refractivity contribution < 1.29 is 14.2 Å². The molecule has 4 unspecified atom stereocenters. The summed E-state index contributed by atoms with van der Waals surface area (Å²) in [5, 5.41) is 7.32. The molecule has 3 aliphatic rings. The van der Waals surface area contributed by atoms with E-state index in [1.54, 1.807) is 14.2 Å². The number of ether oxygens (including phenoxy) is 3. The lowest BCUT2D eigenvalue weighted by molar-refractivity contribution is -0.106. The van der Waals surface area contributed by atoms with Crippen LogP contribution >= 0.6 is 0 Å². The third-order valence-corrected chi connectivity index (χ3v) is 6.85. The lowest BCUT2D eigenvalue weighted by Gasteiger charge is -2.55. The van der Waals surface area contributed by atoms with E-state index in [4.69, 9.17) is 14.2 Å². The molecule has 1 aromatic rings. The molecular formula is C22H34N4O3. The van der Waals surface area contributed by atoms with Crippen LogP contribution in [0.1, 0.15) is 26.7 Å². The molecule has 29 heavy (non-hydrogen) atoms. The van der Waals surface area contributed by atoms with Crippen molar-refractivity contribution in [2.75, 3.05) is 45.9 Å². The zero-order valence-corrected chi connectivity index (χ0v) is 18.2. The van der Waals surface area contributed by atoms with Crippen molar-refractivity contribution >= 4 is 11.6 Å². The predicted octanol–water partition coefficient (Wildman–Crippen LogP) is 2.26. The molecule has 2 N–H and O–H groups in total. The number of aliphatic imine (C=N–C) groups is 1. The first kappa shape index (κ1) is 20.1. The van der Waals surface area contributed by atoms with Crippen LogP contribution < -0.4 is 25.0 Å². The molecule has 1 saturated carbocycles. The Kier molecular flexibility index (Phi) is 5.51. The number of methoxy groups -OCH3 is 2. The summed E-state index contributed by atoms with van der Waals surface area (Å²) in [5.41, 5.74) is 1.26. The first-order valence-corrected chi connectivity index (χ1v) is 10.6. The Hall–Kier alpha value is -2.15. The maximum atomic E-state index is 5.92. The quantitative estimate of drug-likeness (QED) is 0.582. The van der Waals surface area contributed by atoms with Gasteiger partial charge in [-0.1, -0.05) is 13.8 Å². The number of hydrogen-bond donors (Lipinski definition) is 2. The average Bonchev–Trinajstić information content (AvgIpc) is 3.39. The van der Waals surface area contributed by atoms with Crippen molar-refractivity contribution in [3.05, 3.63) is 18.2 Å². The molecule has 0 radical (unpaired) electrons. The second kappa shape index (κ2) is 7.94. The lowest BCUT2D eigenvalue weighted by Crippen LogP contribution is -2.68. The van der Waals surface area contributed by atoms with E-state index >= 15 is 0 Å². The number of rotatable bonds is 5. The van der Waals surface area contributed by atoms with Crippen molar-refractivity contribution in [3.63, 3.8) is 0 Å². The van der Waals surface area contributed by atoms with E-state index in [-0.39, 0.29) is 5.41 Å². The molecule has 160 valence electrons. The molecule has 1 aromatic carbocycles. The molecule has 2 aliphatic heterocycles. The third kappa shape index (κ3) is 3.72. The molecule has 1 aliphatic carbocycles. The Morgan fingerprint density at radius 1 is 1.14 bits per heavy atom. The summed E-state index contributed by atoms with van der Waals surface area (Å²) in [6.45, 7) is 7.36. The van der Waals surface area contributed by atoms with Gasteiger partial charge in [-0.15, -0.1) is 0 Å². The Balaban J connectivity index is 1.37. The molecule has 7 nitrogen and oxygen atoms in total. The van der Waals surface area contributed by atoms with Crippen LogP contribution in [0.25, 0.3) is 0 Å². The molecule has 0 spiro atoms. The van der Waals surface area contributed by atoms with Crippen molar-refractivity contribution in [1.29, 1.82) is 0 Å². The highest BCUT2D eigenvalue weighted by atomic mass is 16.5. The second-order valence-corrected chi connectivity index (χ2v) is 8.91. The Morgan fingerprint density at radius 3 is 2.52 bits per heavy atom. The Labute approximate surface area is 173 Å². The van der Waals surface area contributed by atoms with E-state index in [0.29, 0.717) is 24.1 Å². The lowest BCUT2D eigenvalue weighted by atomic mass is 9.57. The summed E-state index contributed by atoms with van der Waals surface area (Å²) >= 11 is 0. The Bertz CT molecular complexity index is 744. The first-order chi connectivity index (χ1) is 14.0. The number of nitrogens with one attached hydrogen (secondary N) is 2. The van der Waals surface area contributed by atoms with Gasteiger partial charge >= 0.3 is 0 Å². The van der Waals surface area contributed by atoms with Crippen LogP contribution in [0.15, 0.2) is 23.2 Å². The molecule has 2 saturated heterocycles. The predicted molar refractivity (Wildman–Crippen MR) is 115 cm³/mol. The van der Waals surface area contributed by atoms with Gasteiger partial charge in [0.15, 0.2) is 5.96 Å². The maximum Gasteiger partial charge on any atom is 0.191 e. The minimum Gasteiger partial charge on any atom is -0.497 e. The number of nitrogens with zero attached hydrogens (tertiary/aromatic N) is 2. The maximum absolute atomic E-state index is 5.92. The largest absolute Gasteiger partial charge is 0.497 e. The van der Waals surface area contributed by atoms with Gasteiger partial charge in [-0.05, 0) is 12.8 Å².